The van der Waals surface area contributed by atoms with Crippen molar-refractivity contribution < 1.29 is 13.6 Å². The summed E-state index contributed by atoms with van der Waals surface area (Å²) in [5.74, 6) is -2.57. The second kappa shape index (κ2) is 7.94. The smallest absolute Gasteiger partial charge is 0.275 e. The van der Waals surface area contributed by atoms with Crippen LogP contribution in [0.4, 0.5) is 14.5 Å². The Balaban J connectivity index is 1.60. The van der Waals surface area contributed by atoms with Crippen LogP contribution in [0, 0.1) is 18.6 Å². The Morgan fingerprint density at radius 2 is 1.70 bits per heavy atom. The molecular formula is C23H19F2N3O2. The minimum Gasteiger partial charge on any atom is -0.339 e. The number of hydrogen-bond acceptors (Lipinski definition) is 2. The van der Waals surface area contributed by atoms with Crippen LogP contribution in [0.3, 0.4) is 0 Å². The Morgan fingerprint density at radius 3 is 2.43 bits per heavy atom. The van der Waals surface area contributed by atoms with Gasteiger partial charge in [0.15, 0.2) is 11.6 Å². The molecule has 152 valence electrons. The average molecular weight is 407 g/mol. The van der Waals surface area contributed by atoms with Crippen LogP contribution in [0.2, 0.25) is 0 Å². The summed E-state index contributed by atoms with van der Waals surface area (Å²) in [6.45, 7) is 2.31. The Bertz CT molecular complexity index is 1310. The van der Waals surface area contributed by atoms with Gasteiger partial charge in [0, 0.05) is 36.1 Å². The normalized spacial score (nSPS) is 11.0. The Labute approximate surface area is 171 Å². The van der Waals surface area contributed by atoms with Crippen LogP contribution in [-0.4, -0.2) is 15.0 Å². The third-order valence-corrected chi connectivity index (χ3v) is 5.01. The van der Waals surface area contributed by atoms with Crippen molar-refractivity contribution in [1.82, 2.24) is 9.13 Å². The highest BCUT2D eigenvalue weighted by Gasteiger charge is 2.12. The van der Waals surface area contributed by atoms with Gasteiger partial charge in [0.25, 0.3) is 5.56 Å². The second-order valence-corrected chi connectivity index (χ2v) is 7.10. The molecule has 4 rings (SSSR count). The maximum atomic E-state index is 13.3. The van der Waals surface area contributed by atoms with E-state index in [2.05, 4.69) is 5.32 Å². The molecule has 0 saturated carbocycles. The van der Waals surface area contributed by atoms with E-state index in [1.54, 1.807) is 12.3 Å². The van der Waals surface area contributed by atoms with Crippen LogP contribution in [-0.2, 0) is 17.9 Å². The van der Waals surface area contributed by atoms with E-state index in [9.17, 15) is 18.4 Å². The summed E-state index contributed by atoms with van der Waals surface area (Å²) >= 11 is 0. The number of anilines is 1. The van der Waals surface area contributed by atoms with E-state index >= 15 is 0 Å². The molecule has 0 aliphatic rings. The molecule has 0 atom stereocenters. The number of nitrogens with one attached hydrogen (secondary N) is 1. The molecule has 0 bridgehead atoms. The molecule has 0 fully saturated rings. The predicted octanol–water partition coefficient (Wildman–Crippen LogP) is 4.08. The van der Waals surface area contributed by atoms with Crippen molar-refractivity contribution in [2.45, 2.75) is 20.0 Å². The number of hydrogen-bond donors (Lipinski definition) is 1. The lowest BCUT2D eigenvalue weighted by Crippen LogP contribution is -2.28. The number of fused-ring (bicyclic) bond motifs is 1. The molecule has 0 unspecified atom stereocenters. The molecule has 0 radical (unpaired) electrons. The van der Waals surface area contributed by atoms with Gasteiger partial charge in [0.05, 0.1) is 0 Å². The topological polar surface area (TPSA) is 56.0 Å². The minimum atomic E-state index is -1.06. The zero-order valence-electron chi connectivity index (χ0n) is 16.2. The highest BCUT2D eigenvalue weighted by Crippen LogP contribution is 2.16. The van der Waals surface area contributed by atoms with Crippen molar-refractivity contribution in [1.29, 1.82) is 0 Å². The van der Waals surface area contributed by atoms with Crippen molar-refractivity contribution in [3.63, 3.8) is 0 Å². The fourth-order valence-corrected chi connectivity index (χ4v) is 3.40. The van der Waals surface area contributed by atoms with Crippen LogP contribution in [0.1, 0.15) is 11.1 Å². The van der Waals surface area contributed by atoms with Crippen LogP contribution >= 0.6 is 0 Å². The standard InChI is InChI=1S/C23H19F2N3O2/c1-15-4-2-3-5-17(15)13-27-10-8-16-9-11-28(23(30)22(16)27)14-21(29)26-18-6-7-19(24)20(25)12-18/h2-12H,13-14H2,1H3,(H,26,29). The monoisotopic (exact) mass is 407 g/mol. The van der Waals surface area contributed by atoms with E-state index in [4.69, 9.17) is 0 Å². The molecule has 2 heterocycles. The summed E-state index contributed by atoms with van der Waals surface area (Å²) in [7, 11) is 0. The maximum absolute atomic E-state index is 13.3. The number of benzene rings is 2. The molecule has 30 heavy (non-hydrogen) atoms. The number of nitrogens with zero attached hydrogens (tertiary/aromatic N) is 2. The van der Waals surface area contributed by atoms with Gasteiger partial charge in [-0.15, -0.1) is 0 Å². The van der Waals surface area contributed by atoms with Crippen molar-refractivity contribution >= 4 is 22.5 Å². The number of amides is 1. The molecule has 0 spiro atoms. The fraction of sp³-hybridized carbons (Fsp3) is 0.130. The van der Waals surface area contributed by atoms with Crippen molar-refractivity contribution in [2.24, 2.45) is 0 Å². The van der Waals surface area contributed by atoms with E-state index in [-0.39, 0.29) is 17.8 Å². The number of rotatable bonds is 5. The van der Waals surface area contributed by atoms with Gasteiger partial charge >= 0.3 is 0 Å². The summed E-state index contributed by atoms with van der Waals surface area (Å²) < 4.78 is 29.5. The minimum absolute atomic E-state index is 0.121. The van der Waals surface area contributed by atoms with Gasteiger partial charge in [-0.1, -0.05) is 24.3 Å². The van der Waals surface area contributed by atoms with E-state index in [1.165, 1.54) is 10.6 Å². The van der Waals surface area contributed by atoms with Crippen molar-refractivity contribution in [3.05, 3.63) is 100 Å². The Hall–Kier alpha value is -3.74. The summed E-state index contributed by atoms with van der Waals surface area (Å²) in [4.78, 5) is 25.4. The first-order valence-electron chi connectivity index (χ1n) is 9.40. The second-order valence-electron chi connectivity index (χ2n) is 7.10. The van der Waals surface area contributed by atoms with E-state index in [0.717, 1.165) is 28.6 Å². The lowest BCUT2D eigenvalue weighted by atomic mass is 10.1. The number of aryl methyl sites for hydroxylation is 1. The van der Waals surface area contributed by atoms with Gasteiger partial charge in [-0.3, -0.25) is 9.59 Å². The molecule has 4 aromatic rings. The lowest BCUT2D eigenvalue weighted by Gasteiger charge is -2.11. The molecular weight excluding hydrogens is 388 g/mol. The molecule has 0 aliphatic heterocycles. The first-order chi connectivity index (χ1) is 14.4. The third-order valence-electron chi connectivity index (χ3n) is 5.01. The molecule has 1 N–H and O–H groups in total. The quantitative estimate of drug-likeness (QED) is 0.542. The highest BCUT2D eigenvalue weighted by atomic mass is 19.2. The molecule has 7 heteroatoms. The molecule has 5 nitrogen and oxygen atoms in total. The lowest BCUT2D eigenvalue weighted by molar-refractivity contribution is -0.116. The highest BCUT2D eigenvalue weighted by molar-refractivity contribution is 5.90. The van der Waals surface area contributed by atoms with Gasteiger partial charge in [0.1, 0.15) is 12.1 Å². The van der Waals surface area contributed by atoms with Crippen molar-refractivity contribution in [3.8, 4) is 0 Å². The van der Waals surface area contributed by atoms with E-state index < -0.39 is 17.5 Å². The SMILES string of the molecule is Cc1ccccc1Cn1ccc2ccn(CC(=O)Nc3ccc(F)c(F)c3)c(=O)c21. The number of halogens is 2. The molecule has 2 aromatic heterocycles. The van der Waals surface area contributed by atoms with E-state index in [0.29, 0.717) is 12.1 Å². The van der Waals surface area contributed by atoms with Gasteiger partial charge in [-0.05, 0) is 42.3 Å². The average Bonchev–Trinajstić information content (AvgIpc) is 3.12. The third kappa shape index (κ3) is 3.87. The predicted molar refractivity (Wildman–Crippen MR) is 111 cm³/mol. The molecule has 0 saturated heterocycles. The van der Waals surface area contributed by atoms with Gasteiger partial charge < -0.3 is 14.5 Å². The molecule has 1 amide bonds. The number of aromatic nitrogens is 2. The zero-order valence-corrected chi connectivity index (χ0v) is 16.2. The van der Waals surface area contributed by atoms with E-state index in [1.807, 2.05) is 48.0 Å². The largest absolute Gasteiger partial charge is 0.339 e. The summed E-state index contributed by atoms with van der Waals surface area (Å²) in [6, 6.07) is 14.7. The first kappa shape index (κ1) is 19.6. The fourth-order valence-electron chi connectivity index (χ4n) is 3.40. The molecule has 0 aliphatic carbocycles. The summed E-state index contributed by atoms with van der Waals surface area (Å²) in [6.07, 6.45) is 3.40. The Kier molecular flexibility index (Phi) is 5.18. The van der Waals surface area contributed by atoms with Gasteiger partial charge in [0.2, 0.25) is 5.91 Å². The molecule has 2 aromatic carbocycles. The van der Waals surface area contributed by atoms with Crippen LogP contribution in [0.15, 0.2) is 71.8 Å². The first-order valence-corrected chi connectivity index (χ1v) is 9.40. The van der Waals surface area contributed by atoms with Crippen LogP contribution < -0.4 is 10.9 Å². The zero-order chi connectivity index (χ0) is 21.3. The van der Waals surface area contributed by atoms with Crippen LogP contribution in [0.5, 0.6) is 0 Å². The van der Waals surface area contributed by atoms with Gasteiger partial charge in [-0.25, -0.2) is 8.78 Å². The maximum Gasteiger partial charge on any atom is 0.275 e. The summed E-state index contributed by atoms with van der Waals surface area (Å²) in [5, 5.41) is 3.26. The summed E-state index contributed by atoms with van der Waals surface area (Å²) in [5.41, 5.74) is 2.55. The number of pyridine rings is 1. The number of carbonyl (C=O) groups is 1. The number of carbonyl (C=O) groups excluding carboxylic acids is 1. The van der Waals surface area contributed by atoms with Crippen molar-refractivity contribution in [2.75, 3.05) is 5.32 Å². The Morgan fingerprint density at radius 1 is 0.967 bits per heavy atom. The van der Waals surface area contributed by atoms with Gasteiger partial charge in [-0.2, -0.15) is 0 Å². The van der Waals surface area contributed by atoms with Crippen LogP contribution in [0.25, 0.3) is 10.9 Å².